The zero-order valence-electron chi connectivity index (χ0n) is 14.8. The molecule has 1 saturated heterocycles. The number of hydrogen-bond donors (Lipinski definition) is 1. The van der Waals surface area contributed by atoms with E-state index < -0.39 is 28.0 Å². The highest BCUT2D eigenvalue weighted by Gasteiger charge is 2.39. The average Bonchev–Trinajstić information content (AvgIpc) is 2.56. The lowest BCUT2D eigenvalue weighted by Gasteiger charge is -2.36. The zero-order chi connectivity index (χ0) is 18.6. The summed E-state index contributed by atoms with van der Waals surface area (Å²) in [6.07, 6.45) is 1.01. The minimum atomic E-state index is -3.82. The molecule has 1 fully saturated rings. The third kappa shape index (κ3) is 4.07. The molecule has 1 aliphatic heterocycles. The maximum absolute atomic E-state index is 13.0. The van der Waals surface area contributed by atoms with Crippen LogP contribution < -0.4 is 9.47 Å². The summed E-state index contributed by atoms with van der Waals surface area (Å²) in [7, 11) is -3.82. The molecule has 1 N–H and O–H groups in total. The average molecular weight is 371 g/mol. The van der Waals surface area contributed by atoms with Gasteiger partial charge in [0.1, 0.15) is 0 Å². The highest BCUT2D eigenvalue weighted by molar-refractivity contribution is 7.89. The summed E-state index contributed by atoms with van der Waals surface area (Å²) in [6.45, 7) is 6.42. The number of aliphatic carboxylic acids is 1. The normalized spacial score (nSPS) is 21.7. The molecule has 0 bridgehead atoms. The first-order chi connectivity index (χ1) is 11.8. The smallest absolute Gasteiger partial charge is 0.308 e. The SMILES string of the molecule is CCOc1ccc(S(=O)(=O)N2CCC[C@H](C(=O)O)[C@@H]2C)cc1OCC. The molecule has 0 amide bonds. The molecule has 1 aromatic carbocycles. The number of benzene rings is 1. The van der Waals surface area contributed by atoms with Gasteiger partial charge in [0.2, 0.25) is 10.0 Å². The summed E-state index contributed by atoms with van der Waals surface area (Å²) < 4.78 is 38.3. The molecule has 0 aliphatic carbocycles. The van der Waals surface area contributed by atoms with Crippen molar-refractivity contribution in [1.82, 2.24) is 4.31 Å². The molecule has 1 heterocycles. The second kappa shape index (κ2) is 8.05. The van der Waals surface area contributed by atoms with Gasteiger partial charge in [-0.2, -0.15) is 4.31 Å². The van der Waals surface area contributed by atoms with E-state index in [1.807, 2.05) is 6.92 Å². The number of carboxylic acid groups (broad SMARTS) is 1. The minimum Gasteiger partial charge on any atom is -0.490 e. The summed E-state index contributed by atoms with van der Waals surface area (Å²) in [5, 5.41) is 9.31. The molecular formula is C17H25NO6S. The van der Waals surface area contributed by atoms with Gasteiger partial charge >= 0.3 is 5.97 Å². The second-order valence-electron chi connectivity index (χ2n) is 5.92. The van der Waals surface area contributed by atoms with Gasteiger partial charge in [0.05, 0.1) is 24.0 Å². The molecule has 25 heavy (non-hydrogen) atoms. The lowest BCUT2D eigenvalue weighted by atomic mass is 9.92. The van der Waals surface area contributed by atoms with Gasteiger partial charge in [-0.05, 0) is 45.7 Å². The van der Waals surface area contributed by atoms with Crippen molar-refractivity contribution in [1.29, 1.82) is 0 Å². The number of ether oxygens (including phenoxy) is 2. The topological polar surface area (TPSA) is 93.1 Å². The van der Waals surface area contributed by atoms with E-state index >= 15 is 0 Å². The van der Waals surface area contributed by atoms with Crippen LogP contribution in [0.4, 0.5) is 0 Å². The van der Waals surface area contributed by atoms with Crippen molar-refractivity contribution < 1.29 is 27.8 Å². The Morgan fingerprint density at radius 2 is 1.88 bits per heavy atom. The summed E-state index contributed by atoms with van der Waals surface area (Å²) >= 11 is 0. The van der Waals surface area contributed by atoms with Crippen molar-refractivity contribution in [3.8, 4) is 11.5 Å². The van der Waals surface area contributed by atoms with Crippen LogP contribution in [-0.2, 0) is 14.8 Å². The summed E-state index contributed by atoms with van der Waals surface area (Å²) in [4.78, 5) is 11.5. The minimum absolute atomic E-state index is 0.0808. The van der Waals surface area contributed by atoms with Gasteiger partial charge in [0.25, 0.3) is 0 Å². The maximum atomic E-state index is 13.0. The molecule has 2 atom stereocenters. The zero-order valence-corrected chi connectivity index (χ0v) is 15.6. The number of piperidine rings is 1. The Hall–Kier alpha value is -1.80. The molecule has 8 heteroatoms. The fraction of sp³-hybridized carbons (Fsp3) is 0.588. The van der Waals surface area contributed by atoms with Gasteiger partial charge in [0, 0.05) is 18.7 Å². The third-order valence-electron chi connectivity index (χ3n) is 4.37. The van der Waals surface area contributed by atoms with Crippen molar-refractivity contribution in [3.63, 3.8) is 0 Å². The fourth-order valence-electron chi connectivity index (χ4n) is 3.11. The van der Waals surface area contributed by atoms with Crippen LogP contribution in [-0.4, -0.2) is 49.6 Å². The molecule has 0 aromatic heterocycles. The first-order valence-electron chi connectivity index (χ1n) is 8.47. The Morgan fingerprint density at radius 3 is 2.48 bits per heavy atom. The van der Waals surface area contributed by atoms with E-state index in [2.05, 4.69) is 0 Å². The van der Waals surface area contributed by atoms with E-state index in [-0.39, 0.29) is 4.90 Å². The van der Waals surface area contributed by atoms with E-state index in [0.29, 0.717) is 44.1 Å². The van der Waals surface area contributed by atoms with E-state index in [0.717, 1.165) is 0 Å². The highest BCUT2D eigenvalue weighted by atomic mass is 32.2. The third-order valence-corrected chi connectivity index (χ3v) is 6.35. The monoisotopic (exact) mass is 371 g/mol. The number of rotatable bonds is 7. The summed E-state index contributed by atoms with van der Waals surface area (Å²) in [5.74, 6) is -0.810. The predicted octanol–water partition coefficient (Wildman–Crippen LogP) is 2.36. The van der Waals surface area contributed by atoms with Gasteiger partial charge < -0.3 is 14.6 Å². The second-order valence-corrected chi connectivity index (χ2v) is 7.81. The van der Waals surface area contributed by atoms with Crippen molar-refractivity contribution in [2.24, 2.45) is 5.92 Å². The highest BCUT2D eigenvalue weighted by Crippen LogP contribution is 2.34. The molecule has 1 aromatic rings. The molecule has 0 saturated carbocycles. The van der Waals surface area contributed by atoms with Crippen molar-refractivity contribution in [2.45, 2.75) is 44.6 Å². The molecule has 0 radical (unpaired) electrons. The van der Waals surface area contributed by atoms with Gasteiger partial charge in [-0.15, -0.1) is 0 Å². The summed E-state index contributed by atoms with van der Waals surface area (Å²) in [5.41, 5.74) is 0. The quantitative estimate of drug-likeness (QED) is 0.791. The fourth-order valence-corrected chi connectivity index (χ4v) is 4.83. The van der Waals surface area contributed by atoms with Crippen LogP contribution in [0.25, 0.3) is 0 Å². The standard InChI is InChI=1S/C17H25NO6S/c1-4-23-15-9-8-13(11-16(15)24-5-2)25(21,22)18-10-6-7-14(12(18)3)17(19)20/h8-9,11-12,14H,4-7,10H2,1-3H3,(H,19,20)/t12-,14-/m0/s1. The van der Waals surface area contributed by atoms with Crippen LogP contribution in [0.3, 0.4) is 0 Å². The molecule has 0 unspecified atom stereocenters. The number of nitrogens with zero attached hydrogens (tertiary/aromatic N) is 1. The number of carboxylic acids is 1. The van der Waals surface area contributed by atoms with Gasteiger partial charge in [-0.3, -0.25) is 4.79 Å². The maximum Gasteiger partial charge on any atom is 0.308 e. The van der Waals surface area contributed by atoms with Crippen LogP contribution in [0.15, 0.2) is 23.1 Å². The van der Waals surface area contributed by atoms with E-state index in [1.165, 1.54) is 16.4 Å². The van der Waals surface area contributed by atoms with Gasteiger partial charge in [0.15, 0.2) is 11.5 Å². The Bertz CT molecular complexity index is 718. The van der Waals surface area contributed by atoms with E-state index in [4.69, 9.17) is 9.47 Å². The molecular weight excluding hydrogens is 346 g/mol. The van der Waals surface area contributed by atoms with E-state index in [1.54, 1.807) is 19.9 Å². The van der Waals surface area contributed by atoms with Crippen molar-refractivity contribution >= 4 is 16.0 Å². The Balaban J connectivity index is 2.38. The first-order valence-corrected chi connectivity index (χ1v) is 9.91. The predicted molar refractivity (Wildman–Crippen MR) is 92.5 cm³/mol. The van der Waals surface area contributed by atoms with Crippen LogP contribution >= 0.6 is 0 Å². The van der Waals surface area contributed by atoms with Crippen LogP contribution in [0.1, 0.15) is 33.6 Å². The van der Waals surface area contributed by atoms with Crippen molar-refractivity contribution in [3.05, 3.63) is 18.2 Å². The number of sulfonamides is 1. The Kier molecular flexibility index (Phi) is 6.29. The molecule has 7 nitrogen and oxygen atoms in total. The van der Waals surface area contributed by atoms with E-state index in [9.17, 15) is 18.3 Å². The number of hydrogen-bond acceptors (Lipinski definition) is 5. The van der Waals surface area contributed by atoms with Gasteiger partial charge in [-0.25, -0.2) is 8.42 Å². The molecule has 1 aliphatic rings. The summed E-state index contributed by atoms with van der Waals surface area (Å²) in [6, 6.07) is 3.89. The van der Waals surface area contributed by atoms with Gasteiger partial charge in [-0.1, -0.05) is 0 Å². The molecule has 2 rings (SSSR count). The Morgan fingerprint density at radius 1 is 1.24 bits per heavy atom. The van der Waals surface area contributed by atoms with Crippen LogP contribution in [0.5, 0.6) is 11.5 Å². The largest absolute Gasteiger partial charge is 0.490 e. The lowest BCUT2D eigenvalue weighted by molar-refractivity contribution is -0.144. The van der Waals surface area contributed by atoms with Crippen molar-refractivity contribution in [2.75, 3.05) is 19.8 Å². The first kappa shape index (κ1) is 19.5. The van der Waals surface area contributed by atoms with Crippen LogP contribution in [0, 0.1) is 5.92 Å². The van der Waals surface area contributed by atoms with Crippen LogP contribution in [0.2, 0.25) is 0 Å². The lowest BCUT2D eigenvalue weighted by Crippen LogP contribution is -2.48. The molecule has 0 spiro atoms. The molecule has 140 valence electrons. The Labute approximate surface area is 148 Å². The number of carbonyl (C=O) groups is 1.